The minimum Gasteiger partial charge on any atom is -0.481 e. The predicted molar refractivity (Wildman–Crippen MR) is 65.2 cm³/mol. The second kappa shape index (κ2) is 5.08. The van der Waals surface area contributed by atoms with Gasteiger partial charge in [-0.05, 0) is 12.3 Å². The van der Waals surface area contributed by atoms with E-state index in [1.165, 1.54) is 18.2 Å². The molecular formula is C11H17N3O2S. The van der Waals surface area contributed by atoms with Crippen LogP contribution in [0.3, 0.4) is 0 Å². The van der Waals surface area contributed by atoms with Crippen LogP contribution < -0.4 is 0 Å². The summed E-state index contributed by atoms with van der Waals surface area (Å²) in [6.45, 7) is 4.24. The molecule has 94 valence electrons. The summed E-state index contributed by atoms with van der Waals surface area (Å²) >= 11 is 1.26. The zero-order valence-electron chi connectivity index (χ0n) is 10.1. The van der Waals surface area contributed by atoms with E-state index in [1.54, 1.807) is 0 Å². The molecule has 0 bridgehead atoms. The molecule has 1 heterocycles. The molecule has 0 aromatic carbocycles. The van der Waals surface area contributed by atoms with Crippen molar-refractivity contribution in [2.45, 2.75) is 44.3 Å². The van der Waals surface area contributed by atoms with Crippen LogP contribution in [-0.2, 0) is 11.2 Å². The van der Waals surface area contributed by atoms with Gasteiger partial charge in [-0.3, -0.25) is 4.79 Å². The molecule has 2 atom stereocenters. The number of aromatic nitrogens is 3. The first-order valence-corrected chi connectivity index (χ1v) is 6.94. The van der Waals surface area contributed by atoms with E-state index in [-0.39, 0.29) is 5.75 Å². The highest BCUT2D eigenvalue weighted by atomic mass is 32.2. The lowest BCUT2D eigenvalue weighted by Crippen LogP contribution is -2.05. The largest absolute Gasteiger partial charge is 0.481 e. The summed E-state index contributed by atoms with van der Waals surface area (Å²) in [6, 6.07) is 0.487. The molecule has 1 aliphatic carbocycles. The fourth-order valence-electron chi connectivity index (χ4n) is 2.09. The summed E-state index contributed by atoms with van der Waals surface area (Å²) in [6.07, 6.45) is 3.17. The van der Waals surface area contributed by atoms with Crippen LogP contribution in [0, 0.1) is 5.92 Å². The SMILES string of the molecule is CCc1nnc(SCC(=O)O)n1C1CC1CC. The number of rotatable bonds is 6. The summed E-state index contributed by atoms with van der Waals surface area (Å²) in [5.74, 6) is 0.912. The Morgan fingerprint density at radius 1 is 1.53 bits per heavy atom. The first-order valence-electron chi connectivity index (χ1n) is 5.95. The van der Waals surface area contributed by atoms with Crippen molar-refractivity contribution in [3.8, 4) is 0 Å². The maximum Gasteiger partial charge on any atom is 0.313 e. The molecule has 6 heteroatoms. The number of hydrogen-bond donors (Lipinski definition) is 1. The van der Waals surface area contributed by atoms with Gasteiger partial charge in [0.15, 0.2) is 5.16 Å². The summed E-state index contributed by atoms with van der Waals surface area (Å²) in [5.41, 5.74) is 0. The summed E-state index contributed by atoms with van der Waals surface area (Å²) in [5, 5.41) is 17.7. The number of nitrogens with zero attached hydrogens (tertiary/aromatic N) is 3. The molecule has 1 saturated carbocycles. The minimum absolute atomic E-state index is 0.0470. The maximum absolute atomic E-state index is 10.6. The first-order chi connectivity index (χ1) is 8.17. The zero-order valence-corrected chi connectivity index (χ0v) is 10.9. The fraction of sp³-hybridized carbons (Fsp3) is 0.727. The second-order valence-corrected chi connectivity index (χ2v) is 5.22. The van der Waals surface area contributed by atoms with Crippen LogP contribution in [0.2, 0.25) is 0 Å². The fourth-order valence-corrected chi connectivity index (χ4v) is 2.82. The first kappa shape index (κ1) is 12.4. The number of thioether (sulfide) groups is 1. The third-order valence-electron chi connectivity index (χ3n) is 3.12. The van der Waals surface area contributed by atoms with Gasteiger partial charge in [-0.2, -0.15) is 0 Å². The van der Waals surface area contributed by atoms with Crippen molar-refractivity contribution in [1.29, 1.82) is 0 Å². The van der Waals surface area contributed by atoms with E-state index < -0.39 is 5.97 Å². The van der Waals surface area contributed by atoms with Crippen LogP contribution in [0.25, 0.3) is 0 Å². The molecule has 1 aromatic rings. The van der Waals surface area contributed by atoms with E-state index in [4.69, 9.17) is 5.11 Å². The molecule has 0 radical (unpaired) electrons. The molecule has 5 nitrogen and oxygen atoms in total. The van der Waals surface area contributed by atoms with Crippen LogP contribution in [0.1, 0.15) is 38.6 Å². The van der Waals surface area contributed by atoms with Crippen molar-refractivity contribution in [2.24, 2.45) is 5.92 Å². The quantitative estimate of drug-likeness (QED) is 0.787. The third-order valence-corrected chi connectivity index (χ3v) is 4.05. The Labute approximate surface area is 105 Å². The number of carbonyl (C=O) groups is 1. The van der Waals surface area contributed by atoms with Gasteiger partial charge in [0.2, 0.25) is 0 Å². The standard InChI is InChI=1S/C11H17N3O2S/c1-3-7-5-8(7)14-9(4-2)12-13-11(14)17-6-10(15)16/h7-8H,3-6H2,1-2H3,(H,15,16). The lowest BCUT2D eigenvalue weighted by molar-refractivity contribution is -0.133. The van der Waals surface area contributed by atoms with Crippen molar-refractivity contribution in [2.75, 3.05) is 5.75 Å². The van der Waals surface area contributed by atoms with Crippen molar-refractivity contribution >= 4 is 17.7 Å². The molecule has 0 saturated heterocycles. The molecule has 17 heavy (non-hydrogen) atoms. The van der Waals surface area contributed by atoms with Crippen LogP contribution in [0.4, 0.5) is 0 Å². The molecule has 1 fully saturated rings. The normalized spacial score (nSPS) is 22.7. The van der Waals surface area contributed by atoms with E-state index in [2.05, 4.69) is 28.6 Å². The average molecular weight is 255 g/mol. The Morgan fingerprint density at radius 2 is 2.29 bits per heavy atom. The van der Waals surface area contributed by atoms with Gasteiger partial charge in [-0.15, -0.1) is 10.2 Å². The number of carboxylic acids is 1. The molecule has 1 aliphatic rings. The Morgan fingerprint density at radius 3 is 2.82 bits per heavy atom. The molecular weight excluding hydrogens is 238 g/mol. The Bertz CT molecular complexity index is 419. The predicted octanol–water partition coefficient (Wildman–Crippen LogP) is 1.99. The van der Waals surface area contributed by atoms with Gasteiger partial charge in [0.1, 0.15) is 5.82 Å². The van der Waals surface area contributed by atoms with E-state index in [0.717, 1.165) is 23.8 Å². The van der Waals surface area contributed by atoms with E-state index in [1.807, 2.05) is 0 Å². The maximum atomic E-state index is 10.6. The number of aliphatic carboxylic acids is 1. The van der Waals surface area contributed by atoms with E-state index in [0.29, 0.717) is 12.0 Å². The van der Waals surface area contributed by atoms with Gasteiger partial charge in [-0.25, -0.2) is 0 Å². The lowest BCUT2D eigenvalue weighted by Gasteiger charge is -2.07. The highest BCUT2D eigenvalue weighted by molar-refractivity contribution is 7.99. The van der Waals surface area contributed by atoms with Crippen molar-refractivity contribution in [3.63, 3.8) is 0 Å². The summed E-state index contributed by atoms with van der Waals surface area (Å²) in [7, 11) is 0. The average Bonchev–Trinajstić information content (AvgIpc) is 2.98. The minimum atomic E-state index is -0.814. The van der Waals surface area contributed by atoms with Gasteiger partial charge in [0.25, 0.3) is 0 Å². The van der Waals surface area contributed by atoms with Gasteiger partial charge < -0.3 is 9.67 Å². The van der Waals surface area contributed by atoms with E-state index in [9.17, 15) is 4.79 Å². The van der Waals surface area contributed by atoms with Gasteiger partial charge >= 0.3 is 5.97 Å². The monoisotopic (exact) mass is 255 g/mol. The van der Waals surface area contributed by atoms with Gasteiger partial charge in [0.05, 0.1) is 5.75 Å². The molecule has 2 rings (SSSR count). The van der Waals surface area contributed by atoms with Crippen molar-refractivity contribution in [3.05, 3.63) is 5.82 Å². The summed E-state index contributed by atoms with van der Waals surface area (Å²) in [4.78, 5) is 10.6. The Balaban J connectivity index is 2.15. The van der Waals surface area contributed by atoms with E-state index >= 15 is 0 Å². The van der Waals surface area contributed by atoms with Crippen LogP contribution >= 0.6 is 11.8 Å². The van der Waals surface area contributed by atoms with Crippen LogP contribution in [-0.4, -0.2) is 31.6 Å². The summed E-state index contributed by atoms with van der Waals surface area (Å²) < 4.78 is 2.14. The number of hydrogen-bond acceptors (Lipinski definition) is 4. The second-order valence-electron chi connectivity index (χ2n) is 4.28. The molecule has 0 spiro atoms. The molecule has 2 unspecified atom stereocenters. The zero-order chi connectivity index (χ0) is 12.4. The lowest BCUT2D eigenvalue weighted by atomic mass is 10.3. The van der Waals surface area contributed by atoms with Crippen LogP contribution in [0.5, 0.6) is 0 Å². The molecule has 0 aliphatic heterocycles. The van der Waals surface area contributed by atoms with Gasteiger partial charge in [-0.1, -0.05) is 32.0 Å². The highest BCUT2D eigenvalue weighted by Crippen LogP contribution is 2.47. The smallest absolute Gasteiger partial charge is 0.313 e. The molecule has 1 N–H and O–H groups in total. The molecule has 1 aromatic heterocycles. The third kappa shape index (κ3) is 2.62. The molecule has 0 amide bonds. The van der Waals surface area contributed by atoms with Crippen molar-refractivity contribution < 1.29 is 9.90 Å². The Hall–Kier alpha value is -1.04. The Kier molecular flexibility index (Phi) is 3.71. The topological polar surface area (TPSA) is 68.0 Å². The number of aryl methyl sites for hydroxylation is 1. The van der Waals surface area contributed by atoms with Gasteiger partial charge in [0, 0.05) is 12.5 Å². The number of carboxylic acid groups (broad SMARTS) is 1. The van der Waals surface area contributed by atoms with Crippen molar-refractivity contribution in [1.82, 2.24) is 14.8 Å². The highest BCUT2D eigenvalue weighted by Gasteiger charge is 2.39. The van der Waals surface area contributed by atoms with Crippen LogP contribution in [0.15, 0.2) is 5.16 Å².